The Balaban J connectivity index is 0.000000360. The largest absolute Gasteiger partial charge is 0.349 e. The summed E-state index contributed by atoms with van der Waals surface area (Å²) in [5, 5.41) is 0. The van der Waals surface area contributed by atoms with Crippen molar-refractivity contribution >= 4 is 0 Å². The van der Waals surface area contributed by atoms with Crippen molar-refractivity contribution in [3.05, 3.63) is 47.5 Å². The van der Waals surface area contributed by atoms with Crippen molar-refractivity contribution in [2.45, 2.75) is 80.8 Å². The number of rotatable bonds is 3. The van der Waals surface area contributed by atoms with Crippen LogP contribution in [0.5, 0.6) is 0 Å². The highest BCUT2D eigenvalue weighted by Crippen LogP contribution is 2.12. The zero-order valence-corrected chi connectivity index (χ0v) is 16.1. The predicted molar refractivity (Wildman–Crippen MR) is 99.8 cm³/mol. The van der Waals surface area contributed by atoms with E-state index in [0.29, 0.717) is 12.1 Å². The summed E-state index contributed by atoms with van der Waals surface area (Å²) in [5.41, 5.74) is 4.13. The smallest absolute Gasteiger partial charge is 0.0276 e. The molecule has 0 radical (unpaired) electrons. The van der Waals surface area contributed by atoms with Gasteiger partial charge in [-0.1, -0.05) is 20.8 Å². The predicted octanol–water partition coefficient (Wildman–Crippen LogP) is 6.34. The van der Waals surface area contributed by atoms with Gasteiger partial charge in [-0.25, -0.2) is 0 Å². The van der Waals surface area contributed by atoms with Crippen LogP contribution in [0.4, 0.5) is 0 Å². The molecule has 2 aromatic heterocycles. The van der Waals surface area contributed by atoms with Gasteiger partial charge in [0.15, 0.2) is 0 Å². The molecule has 0 fully saturated rings. The van der Waals surface area contributed by atoms with E-state index < -0.39 is 0 Å². The Hall–Kier alpha value is -1.44. The van der Waals surface area contributed by atoms with Gasteiger partial charge in [-0.2, -0.15) is 0 Å². The highest BCUT2D eigenvalue weighted by atomic mass is 15.0. The molecule has 0 N–H and O–H groups in total. The Morgan fingerprint density at radius 1 is 0.955 bits per heavy atom. The number of nitrogens with zero attached hydrogens (tertiary/aromatic N) is 2. The van der Waals surface area contributed by atoms with Crippen molar-refractivity contribution in [3.63, 3.8) is 0 Å². The van der Waals surface area contributed by atoms with Crippen LogP contribution in [0.2, 0.25) is 0 Å². The first-order valence-corrected chi connectivity index (χ1v) is 8.67. The molecule has 0 spiro atoms. The molecule has 0 saturated heterocycles. The highest BCUT2D eigenvalue weighted by Gasteiger charge is 2.01. The standard InChI is InChI=1S/2C9H15N.C2H6/c1-7(2)10-6-8(3)5-9(10)4;1-4-9-6-5-7-10(9)8(2)3;1-2/h5-7H,1-4H3;5-8H,4H2,1-3H3;1-2H3. The highest BCUT2D eigenvalue weighted by molar-refractivity contribution is 5.16. The van der Waals surface area contributed by atoms with Crippen molar-refractivity contribution in [2.75, 3.05) is 0 Å². The molecule has 0 aliphatic heterocycles. The molecular weight excluding hydrogens is 268 g/mol. The van der Waals surface area contributed by atoms with Crippen LogP contribution in [0.25, 0.3) is 0 Å². The van der Waals surface area contributed by atoms with E-state index in [-0.39, 0.29) is 0 Å². The Kier molecular flexibility index (Phi) is 9.64. The zero-order valence-electron chi connectivity index (χ0n) is 16.1. The minimum absolute atomic E-state index is 0.591. The van der Waals surface area contributed by atoms with Gasteiger partial charge < -0.3 is 9.13 Å². The molecule has 2 heterocycles. The van der Waals surface area contributed by atoms with Gasteiger partial charge >= 0.3 is 0 Å². The molecule has 0 saturated carbocycles. The average Bonchev–Trinajstić information content (AvgIpc) is 3.07. The fraction of sp³-hybridized carbons (Fsp3) is 0.600. The van der Waals surface area contributed by atoms with Crippen LogP contribution in [0.1, 0.15) is 77.5 Å². The third-order valence-corrected chi connectivity index (χ3v) is 3.53. The molecule has 2 aromatic rings. The first-order chi connectivity index (χ1) is 10.4. The SMILES string of the molecule is CC.CCc1cccn1C(C)C.Cc1cc(C)n(C(C)C)c1. The van der Waals surface area contributed by atoms with Crippen molar-refractivity contribution in [3.8, 4) is 0 Å². The lowest BCUT2D eigenvalue weighted by Crippen LogP contribution is -2.02. The minimum atomic E-state index is 0.591. The summed E-state index contributed by atoms with van der Waals surface area (Å²) in [6.45, 7) is 19.3. The maximum Gasteiger partial charge on any atom is 0.0276 e. The van der Waals surface area contributed by atoms with E-state index in [2.05, 4.69) is 88.2 Å². The van der Waals surface area contributed by atoms with Gasteiger partial charge in [-0.05, 0) is 71.7 Å². The van der Waals surface area contributed by atoms with Gasteiger partial charge in [0.2, 0.25) is 0 Å². The van der Waals surface area contributed by atoms with Crippen molar-refractivity contribution in [1.82, 2.24) is 9.13 Å². The van der Waals surface area contributed by atoms with Gasteiger partial charge in [-0.3, -0.25) is 0 Å². The number of aryl methyl sites for hydroxylation is 3. The van der Waals surface area contributed by atoms with E-state index >= 15 is 0 Å². The number of hydrogen-bond donors (Lipinski definition) is 0. The van der Waals surface area contributed by atoms with Crippen LogP contribution in [0, 0.1) is 13.8 Å². The summed E-state index contributed by atoms with van der Waals surface area (Å²) >= 11 is 0. The summed E-state index contributed by atoms with van der Waals surface area (Å²) in [5.74, 6) is 0. The van der Waals surface area contributed by atoms with E-state index in [1.165, 1.54) is 17.0 Å². The van der Waals surface area contributed by atoms with Crippen LogP contribution in [-0.4, -0.2) is 9.13 Å². The van der Waals surface area contributed by atoms with E-state index in [0.717, 1.165) is 6.42 Å². The van der Waals surface area contributed by atoms with Crippen LogP contribution >= 0.6 is 0 Å². The normalized spacial score (nSPS) is 10.1. The average molecular weight is 305 g/mol. The lowest BCUT2D eigenvalue weighted by Gasteiger charge is -2.10. The molecule has 2 nitrogen and oxygen atoms in total. The van der Waals surface area contributed by atoms with Crippen molar-refractivity contribution in [2.24, 2.45) is 0 Å². The summed E-state index contributed by atoms with van der Waals surface area (Å²) in [6, 6.07) is 7.69. The summed E-state index contributed by atoms with van der Waals surface area (Å²) in [7, 11) is 0. The third-order valence-electron chi connectivity index (χ3n) is 3.53. The first-order valence-electron chi connectivity index (χ1n) is 8.67. The topological polar surface area (TPSA) is 9.86 Å². The van der Waals surface area contributed by atoms with Crippen LogP contribution in [0.15, 0.2) is 30.6 Å². The second-order valence-electron chi connectivity index (χ2n) is 6.01. The molecule has 0 aliphatic carbocycles. The van der Waals surface area contributed by atoms with Crippen molar-refractivity contribution in [1.29, 1.82) is 0 Å². The fourth-order valence-electron chi connectivity index (χ4n) is 2.55. The molecule has 0 unspecified atom stereocenters. The van der Waals surface area contributed by atoms with Gasteiger partial charge in [0.1, 0.15) is 0 Å². The van der Waals surface area contributed by atoms with E-state index in [1.54, 1.807) is 0 Å². The van der Waals surface area contributed by atoms with Crippen LogP contribution in [-0.2, 0) is 6.42 Å². The lowest BCUT2D eigenvalue weighted by molar-refractivity contribution is 0.579. The Morgan fingerprint density at radius 2 is 1.50 bits per heavy atom. The molecule has 2 rings (SSSR count). The van der Waals surface area contributed by atoms with Gasteiger partial charge in [0.05, 0.1) is 0 Å². The first kappa shape index (κ1) is 20.6. The third kappa shape index (κ3) is 6.13. The second kappa shape index (κ2) is 10.3. The molecule has 0 bridgehead atoms. The maximum absolute atomic E-state index is 2.31. The molecule has 0 amide bonds. The lowest BCUT2D eigenvalue weighted by atomic mass is 10.3. The van der Waals surface area contributed by atoms with Gasteiger partial charge in [-0.15, -0.1) is 0 Å². The number of aromatic nitrogens is 2. The van der Waals surface area contributed by atoms with E-state index in [1.807, 2.05) is 13.8 Å². The summed E-state index contributed by atoms with van der Waals surface area (Å²) in [4.78, 5) is 0. The molecule has 0 aromatic carbocycles. The number of hydrogen-bond acceptors (Lipinski definition) is 0. The van der Waals surface area contributed by atoms with Crippen LogP contribution in [0.3, 0.4) is 0 Å². The summed E-state index contributed by atoms with van der Waals surface area (Å²) in [6.07, 6.45) is 5.47. The Labute approximate surface area is 138 Å². The van der Waals surface area contributed by atoms with Gasteiger partial charge in [0, 0.05) is 35.9 Å². The van der Waals surface area contributed by atoms with Crippen LogP contribution < -0.4 is 0 Å². The molecule has 126 valence electrons. The maximum atomic E-state index is 2.31. The molecule has 2 heteroatoms. The second-order valence-corrected chi connectivity index (χ2v) is 6.01. The Bertz CT molecular complexity index is 516. The monoisotopic (exact) mass is 304 g/mol. The molecule has 0 aliphatic rings. The zero-order chi connectivity index (χ0) is 17.3. The molecule has 0 atom stereocenters. The Morgan fingerprint density at radius 3 is 1.77 bits per heavy atom. The van der Waals surface area contributed by atoms with Crippen molar-refractivity contribution < 1.29 is 0 Å². The fourth-order valence-corrected chi connectivity index (χ4v) is 2.55. The quantitative estimate of drug-likeness (QED) is 0.626. The van der Waals surface area contributed by atoms with Gasteiger partial charge in [0.25, 0.3) is 0 Å². The minimum Gasteiger partial charge on any atom is -0.349 e. The molecular formula is C20H36N2. The summed E-state index contributed by atoms with van der Waals surface area (Å²) < 4.78 is 4.59. The van der Waals surface area contributed by atoms with E-state index in [4.69, 9.17) is 0 Å². The molecule has 22 heavy (non-hydrogen) atoms. The van der Waals surface area contributed by atoms with E-state index in [9.17, 15) is 0 Å².